The van der Waals surface area contributed by atoms with Crippen molar-refractivity contribution in [1.82, 2.24) is 30.2 Å². The Morgan fingerprint density at radius 3 is 2.51 bits per heavy atom. The van der Waals surface area contributed by atoms with E-state index >= 15 is 4.39 Å². The highest BCUT2D eigenvalue weighted by atomic mass is 19.4. The molecule has 3 N–H and O–H groups in total. The number of anilines is 2. The Kier molecular flexibility index (Phi) is 6.45. The van der Waals surface area contributed by atoms with Crippen molar-refractivity contribution in [3.63, 3.8) is 0 Å². The number of hydrogen-bond donors (Lipinski definition) is 2. The zero-order valence-electron chi connectivity index (χ0n) is 21.7. The summed E-state index contributed by atoms with van der Waals surface area (Å²) in [5, 5.41) is 3.86. The normalized spacial score (nSPS) is 23.6. The van der Waals surface area contributed by atoms with Crippen molar-refractivity contribution in [1.29, 1.82) is 0 Å². The third-order valence-electron chi connectivity index (χ3n) is 7.98. The monoisotopic (exact) mass is 546 g/mol. The fraction of sp³-hybridized carbons (Fsp3) is 0.538. The molecule has 13 heteroatoms. The maximum atomic E-state index is 16.2. The molecule has 0 amide bonds. The fourth-order valence-electron chi connectivity index (χ4n) is 6.05. The van der Waals surface area contributed by atoms with E-state index in [0.717, 1.165) is 38.3 Å². The molecule has 3 aromatic heterocycles. The number of nitrogen functional groups attached to an aromatic ring is 1. The van der Waals surface area contributed by atoms with Gasteiger partial charge in [-0.05, 0) is 57.8 Å². The van der Waals surface area contributed by atoms with Crippen LogP contribution in [0.3, 0.4) is 0 Å². The molecule has 3 atom stereocenters. The molecule has 0 aromatic carbocycles. The lowest BCUT2D eigenvalue weighted by Gasteiger charge is -2.34. The van der Waals surface area contributed by atoms with E-state index in [2.05, 4.69) is 35.1 Å². The minimum Gasteiger partial charge on any atom is -0.462 e. The molecule has 2 bridgehead atoms. The molecule has 3 aromatic rings. The highest BCUT2D eigenvalue weighted by Gasteiger charge is 2.39. The van der Waals surface area contributed by atoms with Crippen molar-refractivity contribution in [3.05, 3.63) is 29.2 Å². The number of fused-ring (bicyclic) bond motifs is 3. The van der Waals surface area contributed by atoms with Crippen molar-refractivity contribution < 1.29 is 22.3 Å². The molecule has 3 aliphatic heterocycles. The average molecular weight is 547 g/mol. The van der Waals surface area contributed by atoms with Gasteiger partial charge in [-0.3, -0.25) is 4.98 Å². The molecule has 0 saturated carbocycles. The number of piperazine rings is 1. The van der Waals surface area contributed by atoms with E-state index in [1.807, 2.05) is 7.05 Å². The molecule has 2 unspecified atom stereocenters. The molecule has 9 nitrogen and oxygen atoms in total. The van der Waals surface area contributed by atoms with Gasteiger partial charge in [-0.2, -0.15) is 23.1 Å². The number of pyridine rings is 2. The largest absolute Gasteiger partial charge is 0.462 e. The number of aromatic nitrogens is 4. The van der Waals surface area contributed by atoms with Gasteiger partial charge in [-0.15, -0.1) is 0 Å². The number of ether oxygens (including phenoxy) is 1. The van der Waals surface area contributed by atoms with Crippen LogP contribution in [0, 0.1) is 12.7 Å². The van der Waals surface area contributed by atoms with Gasteiger partial charge in [0.15, 0.2) is 5.82 Å². The van der Waals surface area contributed by atoms with Crippen molar-refractivity contribution in [2.24, 2.45) is 0 Å². The van der Waals surface area contributed by atoms with Crippen molar-refractivity contribution in [2.75, 3.05) is 43.9 Å². The number of likely N-dealkylation sites (N-methyl/N-ethyl adjacent to an activating group) is 1. The molecular formula is C26H30F4N8O. The molecule has 3 fully saturated rings. The first kappa shape index (κ1) is 25.9. The zero-order valence-corrected chi connectivity index (χ0v) is 21.7. The predicted molar refractivity (Wildman–Crippen MR) is 138 cm³/mol. The minimum atomic E-state index is -4.79. The van der Waals surface area contributed by atoms with Crippen LogP contribution in [-0.2, 0) is 6.18 Å². The van der Waals surface area contributed by atoms with E-state index in [0.29, 0.717) is 30.9 Å². The molecule has 39 heavy (non-hydrogen) atoms. The first-order chi connectivity index (χ1) is 18.6. The Morgan fingerprint density at radius 2 is 1.85 bits per heavy atom. The Bertz CT molecular complexity index is 1410. The van der Waals surface area contributed by atoms with Gasteiger partial charge in [-0.1, -0.05) is 0 Å². The van der Waals surface area contributed by atoms with Gasteiger partial charge in [0.2, 0.25) is 0 Å². The summed E-state index contributed by atoms with van der Waals surface area (Å²) in [6.45, 7) is 3.85. The standard InChI is InChI=1S/C26H30F4N8O/c1-13-8-18(31)34-22(19(13)26(28,29)30)23-20(27)21-17(9-32-23)24(38-10-14-5-6-15(11-38)33-14)36-25(35-21)39-12-16-4-3-7-37(16)2/h8-9,14-16,33H,3-7,10-12H2,1-2H3,(H2,31,34)/t14?,15?,16-/m0/s1. The van der Waals surface area contributed by atoms with Crippen LogP contribution >= 0.6 is 0 Å². The number of nitrogens with zero attached hydrogens (tertiary/aromatic N) is 6. The molecule has 0 spiro atoms. The average Bonchev–Trinajstić information content (AvgIpc) is 3.44. The van der Waals surface area contributed by atoms with E-state index in [1.165, 1.54) is 13.1 Å². The van der Waals surface area contributed by atoms with Gasteiger partial charge < -0.3 is 25.6 Å². The van der Waals surface area contributed by atoms with Gasteiger partial charge in [0, 0.05) is 37.4 Å². The van der Waals surface area contributed by atoms with Crippen LogP contribution in [0.1, 0.15) is 36.8 Å². The second kappa shape index (κ2) is 9.70. The number of nitrogens with one attached hydrogen (secondary N) is 1. The highest BCUT2D eigenvalue weighted by Crippen LogP contribution is 2.41. The minimum absolute atomic E-state index is 0.0208. The number of likely N-dealkylation sites (tertiary alicyclic amines) is 1. The van der Waals surface area contributed by atoms with E-state index in [1.54, 1.807) is 0 Å². The number of halogens is 4. The van der Waals surface area contributed by atoms with E-state index in [4.69, 9.17) is 10.5 Å². The number of hydrogen-bond acceptors (Lipinski definition) is 9. The summed E-state index contributed by atoms with van der Waals surface area (Å²) in [6.07, 6.45) is 0.596. The van der Waals surface area contributed by atoms with Crippen LogP contribution in [-0.4, -0.2) is 76.3 Å². The number of rotatable bonds is 5. The SMILES string of the molecule is Cc1cc(N)nc(-c2ncc3c(N4CC5CCC(C4)N5)nc(OC[C@@H]4CCCN4C)nc3c2F)c1C(F)(F)F. The molecular weight excluding hydrogens is 516 g/mol. The van der Waals surface area contributed by atoms with Gasteiger partial charge >= 0.3 is 12.2 Å². The second-order valence-corrected chi connectivity index (χ2v) is 10.7. The van der Waals surface area contributed by atoms with Gasteiger partial charge in [0.05, 0.1) is 10.9 Å². The van der Waals surface area contributed by atoms with Gasteiger partial charge in [0.1, 0.15) is 35.1 Å². The summed E-state index contributed by atoms with van der Waals surface area (Å²) in [5.41, 5.74) is 3.10. The summed E-state index contributed by atoms with van der Waals surface area (Å²) in [6, 6.07) is 1.81. The summed E-state index contributed by atoms with van der Waals surface area (Å²) in [5.74, 6) is -0.736. The lowest BCUT2D eigenvalue weighted by atomic mass is 10.0. The quantitative estimate of drug-likeness (QED) is 0.465. The number of alkyl halides is 3. The van der Waals surface area contributed by atoms with Gasteiger partial charge in [0.25, 0.3) is 0 Å². The molecule has 208 valence electrons. The summed E-state index contributed by atoms with van der Waals surface area (Å²) < 4.78 is 64.2. The predicted octanol–water partition coefficient (Wildman–Crippen LogP) is 3.55. The van der Waals surface area contributed by atoms with Crippen molar-refractivity contribution >= 4 is 22.5 Å². The second-order valence-electron chi connectivity index (χ2n) is 10.7. The molecule has 0 aliphatic carbocycles. The Hall–Kier alpha value is -3.32. The van der Waals surface area contributed by atoms with Crippen LogP contribution in [0.25, 0.3) is 22.3 Å². The lowest BCUT2D eigenvalue weighted by Crippen LogP contribution is -2.51. The van der Waals surface area contributed by atoms with E-state index in [-0.39, 0.29) is 41.0 Å². The smallest absolute Gasteiger partial charge is 0.418 e. The van der Waals surface area contributed by atoms with Crippen LogP contribution in [0.15, 0.2) is 12.3 Å². The molecule has 3 aliphatic rings. The maximum Gasteiger partial charge on any atom is 0.418 e. The molecule has 6 rings (SSSR count). The van der Waals surface area contributed by atoms with Gasteiger partial charge in [-0.25, -0.2) is 9.37 Å². The third-order valence-corrected chi connectivity index (χ3v) is 7.98. The lowest BCUT2D eigenvalue weighted by molar-refractivity contribution is -0.137. The first-order valence-electron chi connectivity index (χ1n) is 13.1. The highest BCUT2D eigenvalue weighted by molar-refractivity contribution is 5.92. The summed E-state index contributed by atoms with van der Waals surface area (Å²) in [4.78, 5) is 21.2. The zero-order chi connectivity index (χ0) is 27.5. The molecule has 6 heterocycles. The van der Waals surface area contributed by atoms with Crippen LogP contribution in [0.2, 0.25) is 0 Å². The summed E-state index contributed by atoms with van der Waals surface area (Å²) in [7, 11) is 2.01. The van der Waals surface area contributed by atoms with Crippen LogP contribution in [0.5, 0.6) is 6.01 Å². The first-order valence-corrected chi connectivity index (χ1v) is 13.1. The van der Waals surface area contributed by atoms with Crippen molar-refractivity contribution in [3.8, 4) is 17.4 Å². The fourth-order valence-corrected chi connectivity index (χ4v) is 6.05. The third kappa shape index (κ3) is 4.82. The van der Waals surface area contributed by atoms with Crippen molar-refractivity contribution in [2.45, 2.75) is 56.9 Å². The topological polar surface area (TPSA) is 105 Å². The molecule has 3 saturated heterocycles. The van der Waals surface area contributed by atoms with Crippen LogP contribution in [0.4, 0.5) is 29.2 Å². The number of nitrogens with two attached hydrogens (primary N) is 1. The van der Waals surface area contributed by atoms with E-state index < -0.39 is 28.9 Å². The Balaban J connectivity index is 1.48. The maximum absolute atomic E-state index is 16.2. The van der Waals surface area contributed by atoms with E-state index in [9.17, 15) is 13.2 Å². The summed E-state index contributed by atoms with van der Waals surface area (Å²) >= 11 is 0. The number of aryl methyl sites for hydroxylation is 1. The van der Waals surface area contributed by atoms with Crippen LogP contribution < -0.4 is 20.7 Å². The Labute approximate surface area is 222 Å². The molecule has 0 radical (unpaired) electrons. The Morgan fingerprint density at radius 1 is 1.10 bits per heavy atom.